The van der Waals surface area contributed by atoms with Crippen LogP contribution in [0.15, 0.2) is 60.9 Å². The molecular weight excluding hydrogens is 456 g/mol. The Labute approximate surface area is 197 Å². The third-order valence-corrected chi connectivity index (χ3v) is 5.85. The second-order valence-corrected chi connectivity index (χ2v) is 8.23. The first-order chi connectivity index (χ1) is 17.0. The summed E-state index contributed by atoms with van der Waals surface area (Å²) in [6.45, 7) is -0.523. The molecule has 0 saturated carbocycles. The van der Waals surface area contributed by atoms with Crippen LogP contribution in [-0.2, 0) is 13.6 Å². The van der Waals surface area contributed by atoms with Crippen molar-refractivity contribution in [2.75, 3.05) is 16.4 Å². The normalized spacial score (nSPS) is 13.8. The molecule has 11 heteroatoms. The Kier molecular flexibility index (Phi) is 4.83. The number of nitrogens with one attached hydrogen (secondary N) is 1. The summed E-state index contributed by atoms with van der Waals surface area (Å²) in [7, 11) is 1.84. The first-order valence-electron chi connectivity index (χ1n) is 10.9. The van der Waals surface area contributed by atoms with Crippen molar-refractivity contribution in [1.82, 2.24) is 25.0 Å². The Hall–Kier alpha value is -4.54. The number of H-pyrrole nitrogens is 1. The van der Waals surface area contributed by atoms with E-state index in [4.69, 9.17) is 4.74 Å². The molecule has 1 aliphatic heterocycles. The Morgan fingerprint density at radius 1 is 1.09 bits per heavy atom. The van der Waals surface area contributed by atoms with Crippen molar-refractivity contribution >= 4 is 45.0 Å². The number of aryl methyl sites for hydroxylation is 1. The van der Waals surface area contributed by atoms with Crippen molar-refractivity contribution in [3.05, 3.63) is 66.5 Å². The van der Waals surface area contributed by atoms with Crippen LogP contribution in [0.2, 0.25) is 0 Å². The van der Waals surface area contributed by atoms with Crippen LogP contribution in [0.5, 0.6) is 5.88 Å². The quantitative estimate of drug-likeness (QED) is 0.396. The van der Waals surface area contributed by atoms with E-state index in [2.05, 4.69) is 20.3 Å². The van der Waals surface area contributed by atoms with Gasteiger partial charge in [0.05, 0.1) is 29.5 Å². The number of aromatic amines is 1. The molecule has 2 amide bonds. The number of hydrogen-bond acceptors (Lipinski definition) is 5. The summed E-state index contributed by atoms with van der Waals surface area (Å²) in [4.78, 5) is 21.4. The van der Waals surface area contributed by atoms with Crippen molar-refractivity contribution in [3.63, 3.8) is 0 Å². The molecular formula is C24H19F2N7O2. The lowest BCUT2D eigenvalue weighted by Crippen LogP contribution is -2.45. The zero-order valence-corrected chi connectivity index (χ0v) is 18.5. The lowest BCUT2D eigenvalue weighted by Gasteiger charge is -2.36. The highest BCUT2D eigenvalue weighted by molar-refractivity contribution is 6.11. The molecule has 0 saturated heterocycles. The number of nitrogens with zero attached hydrogens (tertiary/aromatic N) is 6. The van der Waals surface area contributed by atoms with E-state index in [1.807, 2.05) is 43.6 Å². The lowest BCUT2D eigenvalue weighted by molar-refractivity contribution is 0.0796. The Morgan fingerprint density at radius 3 is 2.77 bits per heavy atom. The maximum Gasteiger partial charge on any atom is 0.335 e. The van der Waals surface area contributed by atoms with Gasteiger partial charge in [-0.25, -0.2) is 18.5 Å². The van der Waals surface area contributed by atoms with Crippen LogP contribution < -0.4 is 14.5 Å². The van der Waals surface area contributed by atoms with Gasteiger partial charge in [-0.05, 0) is 42.5 Å². The maximum absolute atomic E-state index is 13.9. The van der Waals surface area contributed by atoms with E-state index in [9.17, 15) is 13.6 Å². The smallest absolute Gasteiger partial charge is 0.335 e. The second kappa shape index (κ2) is 8.05. The first-order valence-corrected chi connectivity index (χ1v) is 10.9. The van der Waals surface area contributed by atoms with Crippen molar-refractivity contribution in [2.24, 2.45) is 7.05 Å². The molecule has 4 heterocycles. The largest absolute Gasteiger partial charge is 0.472 e. The molecule has 0 atom stereocenters. The molecule has 0 aliphatic carbocycles. The number of fused-ring (bicyclic) bond motifs is 3. The van der Waals surface area contributed by atoms with E-state index in [1.165, 1.54) is 11.0 Å². The molecule has 9 nitrogen and oxygen atoms in total. The van der Waals surface area contributed by atoms with Crippen LogP contribution in [0, 0.1) is 0 Å². The summed E-state index contributed by atoms with van der Waals surface area (Å²) >= 11 is 0. The van der Waals surface area contributed by atoms with Crippen molar-refractivity contribution < 1.29 is 18.3 Å². The van der Waals surface area contributed by atoms with Crippen LogP contribution in [0.3, 0.4) is 0 Å². The molecule has 2 aromatic carbocycles. The number of halogens is 2. The minimum Gasteiger partial charge on any atom is -0.472 e. The minimum absolute atomic E-state index is 0.0245. The SMILES string of the molecule is Cn1cc2cc(N3Cc4ccc(OCC(F)F)nc4N(c4ccc5[nH]ncc5c4)C3=O)ccc2n1. The van der Waals surface area contributed by atoms with E-state index >= 15 is 0 Å². The van der Waals surface area contributed by atoms with E-state index in [0.717, 1.165) is 27.4 Å². The topological polar surface area (TPSA) is 92.2 Å². The molecule has 0 fully saturated rings. The highest BCUT2D eigenvalue weighted by Gasteiger charge is 2.34. The predicted octanol–water partition coefficient (Wildman–Crippen LogP) is 4.77. The average molecular weight is 475 g/mol. The number of carbonyl (C=O) groups excluding carboxylic acids is 1. The summed E-state index contributed by atoms with van der Waals surface area (Å²) < 4.78 is 32.2. The number of pyridine rings is 1. The van der Waals surface area contributed by atoms with Gasteiger partial charge in [0.15, 0.2) is 6.61 Å². The van der Waals surface area contributed by atoms with E-state index in [1.54, 1.807) is 27.9 Å². The minimum atomic E-state index is -2.63. The summed E-state index contributed by atoms with van der Waals surface area (Å²) in [5, 5.41) is 13.1. The Morgan fingerprint density at radius 2 is 1.91 bits per heavy atom. The lowest BCUT2D eigenvalue weighted by atomic mass is 10.1. The van der Waals surface area contributed by atoms with Gasteiger partial charge in [-0.2, -0.15) is 15.2 Å². The summed E-state index contributed by atoms with van der Waals surface area (Å²) in [5.41, 5.74) is 3.65. The number of hydrogen-bond donors (Lipinski definition) is 1. The summed E-state index contributed by atoms with van der Waals surface area (Å²) in [5.74, 6) is 0.361. The second-order valence-electron chi connectivity index (χ2n) is 8.23. The molecule has 176 valence electrons. The summed E-state index contributed by atoms with van der Waals surface area (Å²) in [6.07, 6.45) is 0.921. The van der Waals surface area contributed by atoms with Gasteiger partial charge in [0, 0.05) is 41.3 Å². The van der Waals surface area contributed by atoms with E-state index < -0.39 is 13.0 Å². The highest BCUT2D eigenvalue weighted by Crippen LogP contribution is 2.38. The molecule has 6 rings (SSSR count). The number of anilines is 3. The fourth-order valence-corrected chi connectivity index (χ4v) is 4.26. The van der Waals surface area contributed by atoms with Gasteiger partial charge in [-0.3, -0.25) is 14.7 Å². The van der Waals surface area contributed by atoms with Gasteiger partial charge in [0.2, 0.25) is 5.88 Å². The molecule has 1 aliphatic rings. The van der Waals surface area contributed by atoms with Gasteiger partial charge in [-0.15, -0.1) is 0 Å². The molecule has 35 heavy (non-hydrogen) atoms. The van der Waals surface area contributed by atoms with Crippen molar-refractivity contribution in [1.29, 1.82) is 0 Å². The number of ether oxygens (including phenoxy) is 1. The third-order valence-electron chi connectivity index (χ3n) is 5.85. The number of alkyl halides is 2. The fraction of sp³-hybridized carbons (Fsp3) is 0.167. The van der Waals surface area contributed by atoms with Crippen molar-refractivity contribution in [3.8, 4) is 5.88 Å². The number of aromatic nitrogens is 5. The third kappa shape index (κ3) is 3.70. The number of amides is 2. The van der Waals surface area contributed by atoms with Crippen molar-refractivity contribution in [2.45, 2.75) is 13.0 Å². The van der Waals surface area contributed by atoms with E-state index in [0.29, 0.717) is 17.2 Å². The summed E-state index contributed by atoms with van der Waals surface area (Å²) in [6, 6.07) is 14.0. The number of urea groups is 1. The monoisotopic (exact) mass is 475 g/mol. The zero-order valence-electron chi connectivity index (χ0n) is 18.5. The Balaban J connectivity index is 1.46. The number of rotatable bonds is 5. The molecule has 5 aromatic rings. The van der Waals surface area contributed by atoms with Crippen LogP contribution in [0.1, 0.15) is 5.56 Å². The van der Waals surface area contributed by atoms with Crippen LogP contribution in [0.4, 0.5) is 30.8 Å². The van der Waals surface area contributed by atoms with Gasteiger partial charge < -0.3 is 4.74 Å². The molecule has 0 spiro atoms. The van der Waals surface area contributed by atoms with Crippen LogP contribution >= 0.6 is 0 Å². The molecule has 3 aromatic heterocycles. The molecule has 0 unspecified atom stereocenters. The van der Waals surface area contributed by atoms with Crippen LogP contribution in [0.25, 0.3) is 21.8 Å². The predicted molar refractivity (Wildman–Crippen MR) is 126 cm³/mol. The number of benzene rings is 2. The standard InChI is InChI=1S/C24H19F2N7O2/c1-31-11-16-9-17(3-6-20(16)30-31)32-12-14-2-7-22(35-13-21(25)26)28-23(14)33(24(32)34)18-4-5-19-15(8-18)10-27-29-19/h2-11,21H,12-13H2,1H3,(H,27,29). The van der Waals surface area contributed by atoms with Gasteiger partial charge >= 0.3 is 6.03 Å². The van der Waals surface area contributed by atoms with Gasteiger partial charge in [0.1, 0.15) is 5.82 Å². The highest BCUT2D eigenvalue weighted by atomic mass is 19.3. The zero-order chi connectivity index (χ0) is 24.1. The van der Waals surface area contributed by atoms with Gasteiger partial charge in [-0.1, -0.05) is 0 Å². The van der Waals surface area contributed by atoms with E-state index in [-0.39, 0.29) is 18.5 Å². The van der Waals surface area contributed by atoms with Crippen LogP contribution in [-0.4, -0.2) is 44.0 Å². The first kappa shape index (κ1) is 21.0. The molecule has 0 radical (unpaired) electrons. The maximum atomic E-state index is 13.9. The average Bonchev–Trinajstić information content (AvgIpc) is 3.46. The van der Waals surface area contributed by atoms with Gasteiger partial charge in [0.25, 0.3) is 6.43 Å². The molecule has 0 bridgehead atoms. The Bertz CT molecular complexity index is 1580. The fourth-order valence-electron chi connectivity index (χ4n) is 4.26. The number of carbonyl (C=O) groups is 1. The molecule has 1 N–H and O–H groups in total.